The molecule has 0 aromatic heterocycles. The summed E-state index contributed by atoms with van der Waals surface area (Å²) < 4.78 is 6.17. The van der Waals surface area contributed by atoms with E-state index in [0.29, 0.717) is 6.10 Å². The third-order valence-electron chi connectivity index (χ3n) is 5.55. The molecule has 0 unspecified atom stereocenters. The highest BCUT2D eigenvalue weighted by atomic mass is 16.5. The van der Waals surface area contributed by atoms with Crippen LogP contribution >= 0.6 is 0 Å². The second-order valence-electron chi connectivity index (χ2n) is 7.18. The molecule has 3 nitrogen and oxygen atoms in total. The summed E-state index contributed by atoms with van der Waals surface area (Å²) in [5, 5.41) is 3.46. The highest BCUT2D eigenvalue weighted by Crippen LogP contribution is 2.26. The largest absolute Gasteiger partial charge is 0.378 e. The Morgan fingerprint density at radius 3 is 2.25 bits per heavy atom. The fourth-order valence-corrected chi connectivity index (χ4v) is 4.14. The van der Waals surface area contributed by atoms with E-state index in [2.05, 4.69) is 10.2 Å². The smallest absolute Gasteiger partial charge is 0.0599 e. The predicted octanol–water partition coefficient (Wildman–Crippen LogP) is 2.66. The number of rotatable bonds is 5. The molecule has 3 aliphatic rings. The predicted molar refractivity (Wildman–Crippen MR) is 83.0 cm³/mol. The zero-order chi connectivity index (χ0) is 13.6. The van der Waals surface area contributed by atoms with Crippen LogP contribution in [-0.4, -0.2) is 50.3 Å². The van der Waals surface area contributed by atoms with Gasteiger partial charge in [0.2, 0.25) is 0 Å². The summed E-state index contributed by atoms with van der Waals surface area (Å²) in [5.41, 5.74) is 0. The van der Waals surface area contributed by atoms with Gasteiger partial charge in [0.05, 0.1) is 6.10 Å². The van der Waals surface area contributed by atoms with Crippen LogP contribution in [0.1, 0.15) is 51.4 Å². The fraction of sp³-hybridized carbons (Fsp3) is 1.00. The summed E-state index contributed by atoms with van der Waals surface area (Å²) in [6.45, 7) is 7.35. The lowest BCUT2D eigenvalue weighted by Gasteiger charge is -2.35. The molecular formula is C17H32N2O. The molecule has 1 aliphatic carbocycles. The maximum Gasteiger partial charge on any atom is 0.0599 e. The minimum atomic E-state index is 0.555. The van der Waals surface area contributed by atoms with Crippen LogP contribution in [-0.2, 0) is 4.74 Å². The number of likely N-dealkylation sites (tertiary alicyclic amines) is 1. The van der Waals surface area contributed by atoms with E-state index < -0.39 is 0 Å². The van der Waals surface area contributed by atoms with E-state index in [9.17, 15) is 0 Å². The zero-order valence-corrected chi connectivity index (χ0v) is 13.0. The Labute approximate surface area is 124 Å². The monoisotopic (exact) mass is 280 g/mol. The lowest BCUT2D eigenvalue weighted by Crippen LogP contribution is -2.42. The van der Waals surface area contributed by atoms with Gasteiger partial charge in [-0.25, -0.2) is 0 Å². The van der Waals surface area contributed by atoms with E-state index in [0.717, 1.165) is 18.4 Å². The molecule has 2 aliphatic heterocycles. The third kappa shape index (κ3) is 4.44. The average Bonchev–Trinajstić information content (AvgIpc) is 3.01. The van der Waals surface area contributed by atoms with E-state index in [1.807, 2.05) is 0 Å². The molecule has 1 saturated carbocycles. The van der Waals surface area contributed by atoms with Crippen molar-refractivity contribution in [2.75, 3.05) is 39.3 Å². The Bertz CT molecular complexity index is 264. The number of piperidine rings is 2. The van der Waals surface area contributed by atoms with Crippen molar-refractivity contribution in [1.29, 1.82) is 0 Å². The van der Waals surface area contributed by atoms with Crippen LogP contribution in [0.25, 0.3) is 0 Å². The number of hydrogen-bond acceptors (Lipinski definition) is 3. The van der Waals surface area contributed by atoms with Gasteiger partial charge < -0.3 is 15.0 Å². The van der Waals surface area contributed by atoms with Crippen LogP contribution < -0.4 is 5.32 Å². The Balaban J connectivity index is 1.30. The molecule has 116 valence electrons. The molecule has 0 atom stereocenters. The van der Waals surface area contributed by atoms with Crippen molar-refractivity contribution >= 4 is 0 Å². The summed E-state index contributed by atoms with van der Waals surface area (Å²) in [6, 6.07) is 0. The molecule has 3 fully saturated rings. The Hall–Kier alpha value is -0.120. The SMILES string of the molecule is C1CCC(COC2CCN(CC3CCNCC3)CC2)C1. The topological polar surface area (TPSA) is 24.5 Å². The Morgan fingerprint density at radius 2 is 1.55 bits per heavy atom. The van der Waals surface area contributed by atoms with Gasteiger partial charge in [-0.2, -0.15) is 0 Å². The maximum atomic E-state index is 6.17. The van der Waals surface area contributed by atoms with Crippen molar-refractivity contribution in [2.45, 2.75) is 57.5 Å². The van der Waals surface area contributed by atoms with Crippen molar-refractivity contribution in [3.05, 3.63) is 0 Å². The van der Waals surface area contributed by atoms with Gasteiger partial charge in [0.1, 0.15) is 0 Å². The summed E-state index contributed by atoms with van der Waals surface area (Å²) >= 11 is 0. The van der Waals surface area contributed by atoms with Crippen molar-refractivity contribution in [1.82, 2.24) is 10.2 Å². The first-order chi connectivity index (χ1) is 9.90. The molecule has 20 heavy (non-hydrogen) atoms. The average molecular weight is 280 g/mol. The number of nitrogens with zero attached hydrogens (tertiary/aromatic N) is 1. The van der Waals surface area contributed by atoms with Crippen LogP contribution in [0.2, 0.25) is 0 Å². The third-order valence-corrected chi connectivity index (χ3v) is 5.55. The van der Waals surface area contributed by atoms with E-state index >= 15 is 0 Å². The molecule has 0 spiro atoms. The minimum absolute atomic E-state index is 0.555. The van der Waals surface area contributed by atoms with Crippen molar-refractivity contribution in [2.24, 2.45) is 11.8 Å². The van der Waals surface area contributed by atoms with Crippen LogP contribution in [0.5, 0.6) is 0 Å². The Kier molecular flexibility index (Phi) is 5.75. The summed E-state index contributed by atoms with van der Waals surface area (Å²) in [6.07, 6.45) is 11.5. The second kappa shape index (κ2) is 7.77. The minimum Gasteiger partial charge on any atom is -0.378 e. The van der Waals surface area contributed by atoms with Gasteiger partial charge in [0.15, 0.2) is 0 Å². The molecule has 3 rings (SSSR count). The van der Waals surface area contributed by atoms with Gasteiger partial charge in [0, 0.05) is 26.2 Å². The number of nitrogens with one attached hydrogen (secondary N) is 1. The van der Waals surface area contributed by atoms with Gasteiger partial charge in [-0.05, 0) is 63.5 Å². The van der Waals surface area contributed by atoms with Gasteiger partial charge in [-0.1, -0.05) is 12.8 Å². The van der Waals surface area contributed by atoms with Gasteiger partial charge in [-0.15, -0.1) is 0 Å². The first-order valence-corrected chi connectivity index (χ1v) is 8.95. The van der Waals surface area contributed by atoms with E-state index in [-0.39, 0.29) is 0 Å². The first kappa shape index (κ1) is 14.8. The standard InChI is InChI=1S/C17H32N2O/c1-2-4-16(3-1)14-20-17-7-11-19(12-8-17)13-15-5-9-18-10-6-15/h15-18H,1-14H2. The van der Waals surface area contributed by atoms with Crippen molar-refractivity contribution in [3.63, 3.8) is 0 Å². The summed E-state index contributed by atoms with van der Waals surface area (Å²) in [5.74, 6) is 1.81. The van der Waals surface area contributed by atoms with E-state index in [1.54, 1.807) is 0 Å². The highest BCUT2D eigenvalue weighted by Gasteiger charge is 2.24. The second-order valence-corrected chi connectivity index (χ2v) is 7.18. The molecule has 2 heterocycles. The highest BCUT2D eigenvalue weighted by molar-refractivity contribution is 4.78. The molecular weight excluding hydrogens is 248 g/mol. The molecule has 0 bridgehead atoms. The lowest BCUT2D eigenvalue weighted by molar-refractivity contribution is -0.0112. The van der Waals surface area contributed by atoms with Crippen LogP contribution in [0.15, 0.2) is 0 Å². The van der Waals surface area contributed by atoms with Gasteiger partial charge in [0.25, 0.3) is 0 Å². The molecule has 1 N–H and O–H groups in total. The van der Waals surface area contributed by atoms with E-state index in [1.165, 1.54) is 84.1 Å². The van der Waals surface area contributed by atoms with Crippen LogP contribution in [0.3, 0.4) is 0 Å². The zero-order valence-electron chi connectivity index (χ0n) is 13.0. The van der Waals surface area contributed by atoms with Crippen LogP contribution in [0, 0.1) is 11.8 Å². The molecule has 0 aromatic rings. The Morgan fingerprint density at radius 1 is 0.850 bits per heavy atom. The van der Waals surface area contributed by atoms with Crippen molar-refractivity contribution < 1.29 is 4.74 Å². The van der Waals surface area contributed by atoms with E-state index in [4.69, 9.17) is 4.74 Å². The first-order valence-electron chi connectivity index (χ1n) is 8.95. The van der Waals surface area contributed by atoms with Crippen LogP contribution in [0.4, 0.5) is 0 Å². The molecule has 0 radical (unpaired) electrons. The maximum absolute atomic E-state index is 6.17. The summed E-state index contributed by atoms with van der Waals surface area (Å²) in [7, 11) is 0. The molecule has 3 heteroatoms. The van der Waals surface area contributed by atoms with Gasteiger partial charge in [-0.3, -0.25) is 0 Å². The van der Waals surface area contributed by atoms with Gasteiger partial charge >= 0.3 is 0 Å². The lowest BCUT2D eigenvalue weighted by atomic mass is 9.96. The molecule has 0 amide bonds. The molecule has 0 aromatic carbocycles. The number of hydrogen-bond donors (Lipinski definition) is 1. The number of ether oxygens (including phenoxy) is 1. The normalized spacial score (nSPS) is 28.2. The molecule has 2 saturated heterocycles. The quantitative estimate of drug-likeness (QED) is 0.838. The van der Waals surface area contributed by atoms with Crippen molar-refractivity contribution in [3.8, 4) is 0 Å². The fourth-order valence-electron chi connectivity index (χ4n) is 4.14. The summed E-state index contributed by atoms with van der Waals surface area (Å²) in [4.78, 5) is 2.69.